The van der Waals surface area contributed by atoms with Gasteiger partial charge in [-0.15, -0.1) is 0 Å². The van der Waals surface area contributed by atoms with E-state index < -0.39 is 23.6 Å². The first-order chi connectivity index (χ1) is 12.0. The number of alkyl halides is 6. The number of hydrogen-bond acceptors (Lipinski definition) is 2. The Morgan fingerprint density at radius 3 is 1.58 bits per heavy atom. The standard InChI is InChI=1S/2C7H6F3N.2C2H6/c1-5-2-3-6(4-11-5)7(8,9)10;1-5-2-3-11-6(4-5)7(8,9)10;2*1-2/h2*2-4H,1H3;2*1-2H3. The van der Waals surface area contributed by atoms with Gasteiger partial charge in [0.15, 0.2) is 0 Å². The quantitative estimate of drug-likeness (QED) is 0.465. The third-order valence-corrected chi connectivity index (χ3v) is 2.44. The molecule has 0 fully saturated rings. The van der Waals surface area contributed by atoms with Gasteiger partial charge in [-0.3, -0.25) is 9.97 Å². The largest absolute Gasteiger partial charge is 0.433 e. The average molecular weight is 382 g/mol. The third kappa shape index (κ3) is 10.7. The van der Waals surface area contributed by atoms with Crippen LogP contribution in [0, 0.1) is 13.8 Å². The lowest BCUT2D eigenvalue weighted by Crippen LogP contribution is -2.07. The highest BCUT2D eigenvalue weighted by atomic mass is 19.4. The van der Waals surface area contributed by atoms with Gasteiger partial charge in [0.1, 0.15) is 5.69 Å². The van der Waals surface area contributed by atoms with Crippen molar-refractivity contribution in [1.82, 2.24) is 9.97 Å². The third-order valence-electron chi connectivity index (χ3n) is 2.44. The zero-order valence-corrected chi connectivity index (χ0v) is 15.6. The molecule has 2 aromatic heterocycles. The first-order valence-electron chi connectivity index (χ1n) is 8.00. The molecule has 2 rings (SSSR count). The monoisotopic (exact) mass is 382 g/mol. The van der Waals surface area contributed by atoms with Crippen molar-refractivity contribution < 1.29 is 26.3 Å². The Bertz CT molecular complexity index is 604. The number of aryl methyl sites for hydroxylation is 2. The number of pyridine rings is 2. The Hall–Kier alpha value is -2.12. The summed E-state index contributed by atoms with van der Waals surface area (Å²) in [5.74, 6) is 0. The Morgan fingerprint density at radius 1 is 0.731 bits per heavy atom. The van der Waals surface area contributed by atoms with Crippen LogP contribution in [0.25, 0.3) is 0 Å². The van der Waals surface area contributed by atoms with Crippen LogP contribution >= 0.6 is 0 Å². The topological polar surface area (TPSA) is 25.8 Å². The van der Waals surface area contributed by atoms with Gasteiger partial charge in [-0.2, -0.15) is 26.3 Å². The smallest absolute Gasteiger partial charge is 0.261 e. The normalized spacial score (nSPS) is 10.3. The summed E-state index contributed by atoms with van der Waals surface area (Å²) in [6.07, 6.45) is -6.62. The highest BCUT2D eigenvalue weighted by Crippen LogP contribution is 2.28. The molecular weight excluding hydrogens is 358 g/mol. The van der Waals surface area contributed by atoms with Crippen LogP contribution in [-0.2, 0) is 12.4 Å². The molecule has 8 heteroatoms. The van der Waals surface area contributed by atoms with E-state index in [2.05, 4.69) is 9.97 Å². The molecule has 0 radical (unpaired) electrons. The van der Waals surface area contributed by atoms with Crippen LogP contribution in [0.2, 0.25) is 0 Å². The lowest BCUT2D eigenvalue weighted by molar-refractivity contribution is -0.141. The molecule has 26 heavy (non-hydrogen) atoms. The molecule has 0 saturated carbocycles. The number of halogens is 6. The second-order valence-corrected chi connectivity index (χ2v) is 4.40. The van der Waals surface area contributed by atoms with Crippen LogP contribution in [0.3, 0.4) is 0 Å². The van der Waals surface area contributed by atoms with Crippen molar-refractivity contribution in [3.63, 3.8) is 0 Å². The maximum Gasteiger partial charge on any atom is 0.433 e. The van der Waals surface area contributed by atoms with Crippen LogP contribution in [-0.4, -0.2) is 9.97 Å². The summed E-state index contributed by atoms with van der Waals surface area (Å²) in [6, 6.07) is 4.89. The van der Waals surface area contributed by atoms with E-state index in [1.54, 1.807) is 13.8 Å². The molecule has 2 nitrogen and oxygen atoms in total. The van der Waals surface area contributed by atoms with Gasteiger partial charge in [0.05, 0.1) is 5.56 Å². The molecule has 0 bridgehead atoms. The minimum absolute atomic E-state index is 0.562. The Balaban J connectivity index is 0. The van der Waals surface area contributed by atoms with Crippen molar-refractivity contribution in [2.24, 2.45) is 0 Å². The van der Waals surface area contributed by atoms with E-state index in [4.69, 9.17) is 0 Å². The van der Waals surface area contributed by atoms with Gasteiger partial charge in [0.25, 0.3) is 0 Å². The minimum atomic E-state index is -4.33. The van der Waals surface area contributed by atoms with Crippen molar-refractivity contribution in [3.05, 3.63) is 59.2 Å². The van der Waals surface area contributed by atoms with Gasteiger partial charge in [-0.25, -0.2) is 0 Å². The SMILES string of the molecule is CC.CC.Cc1ccc(C(F)(F)F)cn1.Cc1ccnc(C(F)(F)F)c1. The van der Waals surface area contributed by atoms with E-state index >= 15 is 0 Å². The predicted molar refractivity (Wildman–Crippen MR) is 90.6 cm³/mol. The molecule has 0 spiro atoms. The molecule has 0 aliphatic heterocycles. The molecule has 0 aliphatic carbocycles. The summed E-state index contributed by atoms with van der Waals surface area (Å²) >= 11 is 0. The van der Waals surface area contributed by atoms with Crippen LogP contribution in [0.4, 0.5) is 26.3 Å². The van der Waals surface area contributed by atoms with Gasteiger partial charge >= 0.3 is 12.4 Å². The molecule has 0 aromatic carbocycles. The molecule has 0 unspecified atom stereocenters. The Kier molecular flexibility index (Phi) is 12.3. The highest BCUT2D eigenvalue weighted by molar-refractivity contribution is 5.16. The number of aromatic nitrogens is 2. The zero-order valence-electron chi connectivity index (χ0n) is 15.6. The molecule has 2 aromatic rings. The lowest BCUT2D eigenvalue weighted by atomic mass is 10.2. The Labute approximate surface area is 150 Å². The zero-order chi connectivity index (χ0) is 21.0. The minimum Gasteiger partial charge on any atom is -0.261 e. The van der Waals surface area contributed by atoms with E-state index in [9.17, 15) is 26.3 Å². The van der Waals surface area contributed by atoms with Crippen LogP contribution in [0.15, 0.2) is 36.7 Å². The molecule has 0 saturated heterocycles. The van der Waals surface area contributed by atoms with E-state index in [-0.39, 0.29) is 0 Å². The molecule has 0 atom stereocenters. The lowest BCUT2D eigenvalue weighted by Gasteiger charge is -2.04. The van der Waals surface area contributed by atoms with Gasteiger partial charge < -0.3 is 0 Å². The van der Waals surface area contributed by atoms with Crippen molar-refractivity contribution in [3.8, 4) is 0 Å². The summed E-state index contributed by atoms with van der Waals surface area (Å²) in [5.41, 5.74) is -0.397. The van der Waals surface area contributed by atoms with Crippen molar-refractivity contribution in [1.29, 1.82) is 0 Å². The number of hydrogen-bond donors (Lipinski definition) is 0. The number of rotatable bonds is 0. The first kappa shape index (κ1) is 26.1. The van der Waals surface area contributed by atoms with Gasteiger partial charge in [0, 0.05) is 18.1 Å². The Morgan fingerprint density at radius 2 is 1.27 bits per heavy atom. The fourth-order valence-corrected chi connectivity index (χ4v) is 1.33. The van der Waals surface area contributed by atoms with Gasteiger partial charge in [0.2, 0.25) is 0 Å². The molecule has 0 N–H and O–H groups in total. The first-order valence-corrected chi connectivity index (χ1v) is 8.00. The summed E-state index contributed by atoms with van der Waals surface area (Å²) < 4.78 is 71.4. The summed E-state index contributed by atoms with van der Waals surface area (Å²) in [7, 11) is 0. The second-order valence-electron chi connectivity index (χ2n) is 4.40. The maximum atomic E-state index is 11.9. The van der Waals surface area contributed by atoms with Crippen molar-refractivity contribution in [2.45, 2.75) is 53.9 Å². The molecule has 2 heterocycles. The summed E-state index contributed by atoms with van der Waals surface area (Å²) in [6.45, 7) is 11.2. The summed E-state index contributed by atoms with van der Waals surface area (Å²) in [5, 5.41) is 0. The maximum absolute atomic E-state index is 11.9. The van der Waals surface area contributed by atoms with E-state index in [0.717, 1.165) is 24.5 Å². The fourth-order valence-electron chi connectivity index (χ4n) is 1.33. The van der Waals surface area contributed by atoms with E-state index in [0.29, 0.717) is 11.3 Å². The van der Waals surface area contributed by atoms with Crippen molar-refractivity contribution >= 4 is 0 Å². The average Bonchev–Trinajstić information content (AvgIpc) is 2.58. The highest BCUT2D eigenvalue weighted by Gasteiger charge is 2.32. The summed E-state index contributed by atoms with van der Waals surface area (Å²) in [4.78, 5) is 6.71. The fraction of sp³-hybridized carbons (Fsp3) is 0.444. The van der Waals surface area contributed by atoms with Crippen LogP contribution < -0.4 is 0 Å². The molecule has 0 aliphatic rings. The molecular formula is C18H24F6N2. The molecule has 0 amide bonds. The van der Waals surface area contributed by atoms with E-state index in [1.165, 1.54) is 12.1 Å². The van der Waals surface area contributed by atoms with Crippen LogP contribution in [0.5, 0.6) is 0 Å². The second kappa shape index (κ2) is 12.3. The van der Waals surface area contributed by atoms with Crippen LogP contribution in [0.1, 0.15) is 50.2 Å². The van der Waals surface area contributed by atoms with Gasteiger partial charge in [-0.1, -0.05) is 27.7 Å². The predicted octanol–water partition coefficient (Wildman–Crippen LogP) is 6.87. The van der Waals surface area contributed by atoms with Gasteiger partial charge in [-0.05, 0) is 43.7 Å². The van der Waals surface area contributed by atoms with Crippen molar-refractivity contribution in [2.75, 3.05) is 0 Å². The van der Waals surface area contributed by atoms with E-state index in [1.807, 2.05) is 27.7 Å². The number of nitrogens with zero attached hydrogens (tertiary/aromatic N) is 2. The molecule has 148 valence electrons.